The van der Waals surface area contributed by atoms with Crippen molar-refractivity contribution in [3.05, 3.63) is 64.7 Å². The van der Waals surface area contributed by atoms with Gasteiger partial charge in [-0.2, -0.15) is 0 Å². The molecule has 1 aliphatic heterocycles. The van der Waals surface area contributed by atoms with E-state index in [1.54, 1.807) is 17.9 Å². The zero-order chi connectivity index (χ0) is 20.8. The second-order valence-electron chi connectivity index (χ2n) is 6.99. The Labute approximate surface area is 176 Å². The summed E-state index contributed by atoms with van der Waals surface area (Å²) in [6.45, 7) is 6.27. The summed E-state index contributed by atoms with van der Waals surface area (Å²) in [4.78, 5) is 29.0. The average Bonchev–Trinajstić information content (AvgIpc) is 2.72. The van der Waals surface area contributed by atoms with Gasteiger partial charge in [0.15, 0.2) is 0 Å². The SMILES string of the molecule is CCOC(=O)N1CCN(C(C(=O)Nc2ccc(C)c(Cl)c2)c2ccccc2)CC1. The molecule has 0 spiro atoms. The summed E-state index contributed by atoms with van der Waals surface area (Å²) in [5.74, 6) is -0.124. The molecular formula is C22H26ClN3O3. The van der Waals surface area contributed by atoms with Crippen molar-refractivity contribution in [3.8, 4) is 0 Å². The van der Waals surface area contributed by atoms with Crippen LogP contribution in [0.5, 0.6) is 0 Å². The smallest absolute Gasteiger partial charge is 0.409 e. The highest BCUT2D eigenvalue weighted by Gasteiger charge is 2.32. The molecule has 1 aliphatic rings. The minimum atomic E-state index is -0.458. The molecule has 0 saturated carbocycles. The number of halogens is 1. The predicted molar refractivity (Wildman–Crippen MR) is 114 cm³/mol. The van der Waals surface area contributed by atoms with Gasteiger partial charge in [0, 0.05) is 36.9 Å². The van der Waals surface area contributed by atoms with Crippen LogP contribution in [0.2, 0.25) is 5.02 Å². The fraction of sp³-hybridized carbons (Fsp3) is 0.364. The molecule has 0 bridgehead atoms. The molecule has 1 N–H and O–H groups in total. The van der Waals surface area contributed by atoms with Crippen molar-refractivity contribution in [1.29, 1.82) is 0 Å². The van der Waals surface area contributed by atoms with E-state index < -0.39 is 6.04 Å². The number of aryl methyl sites for hydroxylation is 1. The van der Waals surface area contributed by atoms with Gasteiger partial charge in [0.1, 0.15) is 6.04 Å². The Morgan fingerprint density at radius 3 is 2.41 bits per heavy atom. The van der Waals surface area contributed by atoms with E-state index in [-0.39, 0.29) is 12.0 Å². The molecule has 1 fully saturated rings. The van der Waals surface area contributed by atoms with E-state index >= 15 is 0 Å². The predicted octanol–water partition coefficient (Wildman–Crippen LogP) is 4.10. The molecule has 154 valence electrons. The minimum Gasteiger partial charge on any atom is -0.450 e. The van der Waals surface area contributed by atoms with E-state index in [2.05, 4.69) is 10.2 Å². The molecule has 1 atom stereocenters. The summed E-state index contributed by atoms with van der Waals surface area (Å²) in [7, 11) is 0. The number of hydrogen-bond donors (Lipinski definition) is 1. The number of carbonyl (C=O) groups excluding carboxylic acids is 2. The molecule has 2 aromatic carbocycles. The third-order valence-corrected chi connectivity index (χ3v) is 5.42. The molecular weight excluding hydrogens is 390 g/mol. The minimum absolute atomic E-state index is 0.124. The van der Waals surface area contributed by atoms with E-state index in [0.717, 1.165) is 11.1 Å². The fourth-order valence-corrected chi connectivity index (χ4v) is 3.60. The number of carbonyl (C=O) groups is 2. The third kappa shape index (κ3) is 5.28. The highest BCUT2D eigenvalue weighted by Crippen LogP contribution is 2.26. The van der Waals surface area contributed by atoms with Crippen molar-refractivity contribution in [1.82, 2.24) is 9.80 Å². The maximum atomic E-state index is 13.2. The van der Waals surface area contributed by atoms with E-state index in [9.17, 15) is 9.59 Å². The van der Waals surface area contributed by atoms with Crippen molar-refractivity contribution in [2.45, 2.75) is 19.9 Å². The summed E-state index contributed by atoms with van der Waals surface area (Å²) >= 11 is 6.20. The number of rotatable bonds is 5. The van der Waals surface area contributed by atoms with Crippen LogP contribution in [0.15, 0.2) is 48.5 Å². The average molecular weight is 416 g/mol. The lowest BCUT2D eigenvalue weighted by atomic mass is 10.0. The zero-order valence-corrected chi connectivity index (χ0v) is 17.5. The topological polar surface area (TPSA) is 61.9 Å². The van der Waals surface area contributed by atoms with Gasteiger partial charge in [-0.3, -0.25) is 9.69 Å². The molecule has 0 aliphatic carbocycles. The van der Waals surface area contributed by atoms with Gasteiger partial charge in [-0.15, -0.1) is 0 Å². The van der Waals surface area contributed by atoms with Crippen LogP contribution in [0.1, 0.15) is 24.1 Å². The number of ether oxygens (including phenoxy) is 1. The zero-order valence-electron chi connectivity index (χ0n) is 16.7. The second kappa shape index (κ2) is 9.76. The van der Waals surface area contributed by atoms with E-state index in [1.807, 2.05) is 49.4 Å². The van der Waals surface area contributed by atoms with Crippen molar-refractivity contribution in [3.63, 3.8) is 0 Å². The maximum absolute atomic E-state index is 13.2. The van der Waals surface area contributed by atoms with Gasteiger partial charge in [0.25, 0.3) is 0 Å². The highest BCUT2D eigenvalue weighted by atomic mass is 35.5. The van der Waals surface area contributed by atoms with Crippen LogP contribution in [-0.2, 0) is 9.53 Å². The standard InChI is InChI=1S/C22H26ClN3O3/c1-3-29-22(28)26-13-11-25(12-14-26)20(17-7-5-4-6-8-17)21(27)24-18-10-9-16(2)19(23)15-18/h4-10,15,20H,3,11-14H2,1-2H3,(H,24,27). The summed E-state index contributed by atoms with van der Waals surface area (Å²) < 4.78 is 5.09. The number of anilines is 1. The van der Waals surface area contributed by atoms with E-state index in [4.69, 9.17) is 16.3 Å². The van der Waals surface area contributed by atoms with Gasteiger partial charge in [-0.05, 0) is 37.1 Å². The summed E-state index contributed by atoms with van der Waals surface area (Å²) in [5.41, 5.74) is 2.53. The van der Waals surface area contributed by atoms with E-state index in [0.29, 0.717) is 43.5 Å². The molecule has 0 radical (unpaired) electrons. The van der Waals surface area contributed by atoms with Crippen LogP contribution in [0.25, 0.3) is 0 Å². The lowest BCUT2D eigenvalue weighted by Gasteiger charge is -2.38. The van der Waals surface area contributed by atoms with E-state index in [1.165, 1.54) is 0 Å². The molecule has 7 heteroatoms. The maximum Gasteiger partial charge on any atom is 0.409 e. The third-order valence-electron chi connectivity index (χ3n) is 5.01. The Morgan fingerprint density at radius 2 is 1.79 bits per heavy atom. The Morgan fingerprint density at radius 1 is 1.10 bits per heavy atom. The van der Waals surface area contributed by atoms with Crippen molar-refractivity contribution in [2.75, 3.05) is 38.1 Å². The molecule has 2 amide bonds. The molecule has 29 heavy (non-hydrogen) atoms. The van der Waals surface area contributed by atoms with Crippen molar-refractivity contribution < 1.29 is 14.3 Å². The van der Waals surface area contributed by atoms with Crippen LogP contribution in [0.4, 0.5) is 10.5 Å². The number of nitrogens with one attached hydrogen (secondary N) is 1. The largest absolute Gasteiger partial charge is 0.450 e. The molecule has 2 aromatic rings. The molecule has 1 saturated heterocycles. The van der Waals surface area contributed by atoms with Crippen molar-refractivity contribution in [2.24, 2.45) is 0 Å². The monoisotopic (exact) mass is 415 g/mol. The Kier molecular flexibility index (Phi) is 7.12. The Bertz CT molecular complexity index is 852. The van der Waals surface area contributed by atoms with Gasteiger partial charge in [-0.25, -0.2) is 4.79 Å². The molecule has 3 rings (SSSR count). The Balaban J connectivity index is 1.76. The number of benzene rings is 2. The summed E-state index contributed by atoms with van der Waals surface area (Å²) in [6, 6.07) is 14.7. The highest BCUT2D eigenvalue weighted by molar-refractivity contribution is 6.31. The molecule has 1 heterocycles. The molecule has 0 aromatic heterocycles. The fourth-order valence-electron chi connectivity index (χ4n) is 3.42. The first-order chi connectivity index (χ1) is 14.0. The van der Waals surface area contributed by atoms with Crippen LogP contribution in [0, 0.1) is 6.92 Å². The van der Waals surface area contributed by atoms with Gasteiger partial charge in [0.2, 0.25) is 5.91 Å². The molecule has 6 nitrogen and oxygen atoms in total. The summed E-state index contributed by atoms with van der Waals surface area (Å²) in [5, 5.41) is 3.60. The second-order valence-corrected chi connectivity index (χ2v) is 7.40. The number of hydrogen-bond acceptors (Lipinski definition) is 4. The van der Waals surface area contributed by atoms with Gasteiger partial charge in [-0.1, -0.05) is 48.0 Å². The van der Waals surface area contributed by atoms with Gasteiger partial charge >= 0.3 is 6.09 Å². The summed E-state index contributed by atoms with van der Waals surface area (Å²) in [6.07, 6.45) is -0.304. The van der Waals surface area contributed by atoms with Crippen molar-refractivity contribution >= 4 is 29.3 Å². The first-order valence-corrected chi connectivity index (χ1v) is 10.1. The normalized spacial score (nSPS) is 15.6. The van der Waals surface area contributed by atoms with Crippen LogP contribution < -0.4 is 5.32 Å². The first-order valence-electron chi connectivity index (χ1n) is 9.77. The van der Waals surface area contributed by atoms with Crippen LogP contribution in [-0.4, -0.2) is 54.6 Å². The lowest BCUT2D eigenvalue weighted by molar-refractivity contribution is -0.122. The van der Waals surface area contributed by atoms with Crippen LogP contribution >= 0.6 is 11.6 Å². The number of amides is 2. The van der Waals surface area contributed by atoms with Gasteiger partial charge < -0.3 is 15.0 Å². The molecule has 1 unspecified atom stereocenters. The quantitative estimate of drug-likeness (QED) is 0.798. The Hall–Kier alpha value is -2.57. The number of nitrogens with zero attached hydrogens (tertiary/aromatic N) is 2. The number of piperazine rings is 1. The van der Waals surface area contributed by atoms with Crippen LogP contribution in [0.3, 0.4) is 0 Å². The van der Waals surface area contributed by atoms with Gasteiger partial charge in [0.05, 0.1) is 6.61 Å². The first kappa shape index (κ1) is 21.1. The lowest BCUT2D eigenvalue weighted by Crippen LogP contribution is -2.51.